The standard InChI is InChI=1S/C16H23F4N2O2.C10H14.C8H10.C2H4O.Nd/c1-10-7-8-22(9-10)13(23)6-5-11(2)12(3)21-14(24)15(4,17)16(18,19)20;1-3-9(2)10-7-5-4-6-8-10;1-7-3-5-8(2)6-4-7;1-2-3;/h8,10,12H,2,5-7,9H2,1,3-4H3,(H,21,24);4-9H,3H2,1-2H3;3-6H,1-2H3;2H,1H3;/q-1;;;;. The molecule has 5 nitrogen and oxygen atoms in total. The minimum atomic E-state index is -5.30. The van der Waals surface area contributed by atoms with Crippen molar-refractivity contribution in [3.63, 3.8) is 0 Å². The third-order valence-electron chi connectivity index (χ3n) is 7.33. The van der Waals surface area contributed by atoms with Gasteiger partial charge in [0, 0.05) is 53.3 Å². The molecule has 2 aromatic rings. The summed E-state index contributed by atoms with van der Waals surface area (Å²) >= 11 is 0. The number of alkyl halides is 4. The molecule has 0 spiro atoms. The predicted octanol–water partition coefficient (Wildman–Crippen LogP) is 8.86. The molecule has 1 aliphatic rings. The van der Waals surface area contributed by atoms with Crippen LogP contribution < -0.4 is 5.32 Å². The van der Waals surface area contributed by atoms with Crippen LogP contribution in [0.15, 0.2) is 66.7 Å². The second kappa shape index (κ2) is 23.2. The van der Waals surface area contributed by atoms with Gasteiger partial charge in [-0.05, 0) is 65.5 Å². The molecule has 4 atom stereocenters. The zero-order valence-electron chi connectivity index (χ0n) is 28.5. The average Bonchev–Trinajstić information content (AvgIpc) is 3.44. The van der Waals surface area contributed by atoms with E-state index in [4.69, 9.17) is 4.79 Å². The number of aldehydes is 1. The smallest absolute Gasteiger partial charge is 0.431 e. The number of benzene rings is 2. The number of likely N-dealkylation sites (tertiary alicyclic amines) is 1. The van der Waals surface area contributed by atoms with E-state index in [1.165, 1.54) is 37.0 Å². The van der Waals surface area contributed by atoms with Gasteiger partial charge in [0.1, 0.15) is 6.29 Å². The van der Waals surface area contributed by atoms with Gasteiger partial charge in [0.15, 0.2) is 5.91 Å². The van der Waals surface area contributed by atoms with Crippen molar-refractivity contribution in [2.24, 2.45) is 5.92 Å². The third-order valence-corrected chi connectivity index (χ3v) is 7.33. The molecular formula is C36H51F4N2NdO3-. The van der Waals surface area contributed by atoms with E-state index < -0.39 is 23.8 Å². The van der Waals surface area contributed by atoms with E-state index in [9.17, 15) is 27.2 Å². The Kier molecular flexibility index (Phi) is 23.2. The summed E-state index contributed by atoms with van der Waals surface area (Å²) in [5.74, 6) is -0.762. The minimum absolute atomic E-state index is 0. The van der Waals surface area contributed by atoms with Crippen molar-refractivity contribution in [2.75, 3.05) is 6.54 Å². The Bertz CT molecular complexity index is 1150. The van der Waals surface area contributed by atoms with Crippen molar-refractivity contribution in [1.29, 1.82) is 0 Å². The van der Waals surface area contributed by atoms with Crippen LogP contribution in [0.25, 0.3) is 0 Å². The molecule has 1 N–H and O–H groups in total. The molecule has 4 unspecified atom stereocenters. The van der Waals surface area contributed by atoms with E-state index >= 15 is 0 Å². The Morgan fingerprint density at radius 1 is 1.02 bits per heavy atom. The first kappa shape index (κ1) is 46.0. The summed E-state index contributed by atoms with van der Waals surface area (Å²) in [5.41, 5.74) is 0.496. The van der Waals surface area contributed by atoms with E-state index in [1.807, 2.05) is 18.8 Å². The molecule has 46 heavy (non-hydrogen) atoms. The molecule has 1 heterocycles. The Morgan fingerprint density at radius 2 is 1.50 bits per heavy atom. The molecule has 0 radical (unpaired) electrons. The maximum Gasteiger partial charge on any atom is 0.431 e. The second-order valence-electron chi connectivity index (χ2n) is 11.5. The van der Waals surface area contributed by atoms with Gasteiger partial charge in [-0.2, -0.15) is 19.6 Å². The van der Waals surface area contributed by atoms with Gasteiger partial charge < -0.3 is 15.0 Å². The minimum Gasteiger partial charge on any atom is -0.493 e. The van der Waals surface area contributed by atoms with Crippen LogP contribution in [-0.4, -0.2) is 47.4 Å². The Balaban J connectivity index is 0. The first-order chi connectivity index (χ1) is 20.9. The fourth-order valence-electron chi connectivity index (χ4n) is 3.84. The van der Waals surface area contributed by atoms with Gasteiger partial charge in [0.2, 0.25) is 0 Å². The van der Waals surface area contributed by atoms with E-state index in [-0.39, 0.29) is 66.5 Å². The quantitative estimate of drug-likeness (QED) is 0.126. The second-order valence-corrected chi connectivity index (χ2v) is 11.5. The van der Waals surface area contributed by atoms with Crippen LogP contribution in [0.1, 0.15) is 89.8 Å². The van der Waals surface area contributed by atoms with Crippen LogP contribution in [0.5, 0.6) is 0 Å². The van der Waals surface area contributed by atoms with E-state index in [2.05, 4.69) is 88.9 Å². The van der Waals surface area contributed by atoms with Crippen LogP contribution in [0, 0.1) is 67.1 Å². The first-order valence-corrected chi connectivity index (χ1v) is 15.3. The van der Waals surface area contributed by atoms with Crippen LogP contribution in [-0.2, 0) is 14.4 Å². The number of aryl methyl sites for hydroxylation is 2. The molecule has 0 saturated carbocycles. The molecule has 2 amide bonds. The molecule has 1 aliphatic heterocycles. The maximum atomic E-state index is 13.5. The van der Waals surface area contributed by atoms with Gasteiger partial charge in [0.25, 0.3) is 11.6 Å². The van der Waals surface area contributed by atoms with Crippen molar-refractivity contribution in [3.05, 3.63) is 90.0 Å². The van der Waals surface area contributed by atoms with E-state index in [1.54, 1.807) is 4.90 Å². The number of nitrogens with zero attached hydrogens (tertiary/aromatic N) is 1. The maximum absolute atomic E-state index is 13.5. The fraction of sp³-hybridized carbons (Fsp3) is 0.500. The molecule has 256 valence electrons. The summed E-state index contributed by atoms with van der Waals surface area (Å²) < 4.78 is 51.0. The van der Waals surface area contributed by atoms with Crippen molar-refractivity contribution in [1.82, 2.24) is 10.2 Å². The molecule has 0 aromatic heterocycles. The van der Waals surface area contributed by atoms with Gasteiger partial charge >= 0.3 is 6.18 Å². The first-order valence-electron chi connectivity index (χ1n) is 15.3. The Hall–Kier alpha value is -2.14. The largest absolute Gasteiger partial charge is 0.493 e. The summed E-state index contributed by atoms with van der Waals surface area (Å²) in [4.78, 5) is 33.9. The molecule has 10 heteroatoms. The number of hydrogen-bond donors (Lipinski definition) is 1. The normalized spacial score (nSPS) is 16.2. The fourth-order valence-corrected chi connectivity index (χ4v) is 3.84. The molecule has 3 rings (SSSR count). The Morgan fingerprint density at radius 3 is 1.89 bits per heavy atom. The number of amides is 2. The molecule has 2 aromatic carbocycles. The topological polar surface area (TPSA) is 66.5 Å². The van der Waals surface area contributed by atoms with Crippen molar-refractivity contribution < 1.29 is 72.8 Å². The monoisotopic (exact) mass is 777 g/mol. The van der Waals surface area contributed by atoms with E-state index in [0.29, 0.717) is 24.0 Å². The summed E-state index contributed by atoms with van der Waals surface area (Å²) in [6.45, 7) is 19.8. The number of hydrogen-bond acceptors (Lipinski definition) is 3. The molecule has 1 saturated heterocycles. The number of carbonyl (C=O) groups excluding carboxylic acids is 3. The summed E-state index contributed by atoms with van der Waals surface area (Å²) in [5, 5.41) is 1.96. The van der Waals surface area contributed by atoms with E-state index in [0.717, 1.165) is 12.7 Å². The summed E-state index contributed by atoms with van der Waals surface area (Å²) in [7, 11) is 0. The van der Waals surface area contributed by atoms with Crippen LogP contribution in [0.2, 0.25) is 0 Å². The van der Waals surface area contributed by atoms with Gasteiger partial charge in [-0.25, -0.2) is 10.9 Å². The SMILES string of the molecule is C=C(CCC(=O)N1[CH-]CC(C)C1)C(C)NC(=O)C(C)(F)C(F)(F)F.CC=O.CCC(C)c1ccccc1.Cc1ccc(C)cc1.[Nd]. The predicted molar refractivity (Wildman–Crippen MR) is 174 cm³/mol. The summed E-state index contributed by atoms with van der Waals surface area (Å²) in [6.07, 6.45) is -2.16. The number of carbonyl (C=O) groups is 3. The molecular weight excluding hydrogens is 729 g/mol. The van der Waals surface area contributed by atoms with Crippen molar-refractivity contribution >= 4 is 18.1 Å². The van der Waals surface area contributed by atoms with Gasteiger partial charge in [-0.3, -0.25) is 9.59 Å². The average molecular weight is 780 g/mol. The van der Waals surface area contributed by atoms with Gasteiger partial charge in [-0.1, -0.05) is 105 Å². The Labute approximate surface area is 306 Å². The van der Waals surface area contributed by atoms with Gasteiger partial charge in [-0.15, -0.1) is 0 Å². The number of rotatable bonds is 8. The molecule has 0 aliphatic carbocycles. The third kappa shape index (κ3) is 17.7. The van der Waals surface area contributed by atoms with Gasteiger partial charge in [0.05, 0.1) is 0 Å². The molecule has 0 bridgehead atoms. The van der Waals surface area contributed by atoms with Crippen LogP contribution in [0.4, 0.5) is 17.6 Å². The molecule has 1 fully saturated rings. The summed E-state index contributed by atoms with van der Waals surface area (Å²) in [6, 6.07) is 18.2. The number of nitrogens with one attached hydrogen (secondary N) is 1. The van der Waals surface area contributed by atoms with Crippen LogP contribution in [0.3, 0.4) is 0 Å². The number of halogens is 4. The van der Waals surface area contributed by atoms with Crippen molar-refractivity contribution in [2.45, 2.75) is 105 Å². The van der Waals surface area contributed by atoms with Crippen molar-refractivity contribution in [3.8, 4) is 0 Å². The zero-order valence-corrected chi connectivity index (χ0v) is 31.7. The van der Waals surface area contributed by atoms with Crippen LogP contribution >= 0.6 is 0 Å². The zero-order chi connectivity index (χ0) is 34.8.